The van der Waals surface area contributed by atoms with Gasteiger partial charge >= 0.3 is 0 Å². The van der Waals surface area contributed by atoms with E-state index in [1.807, 2.05) is 24.3 Å². The Labute approximate surface area is 166 Å². The first-order valence-corrected chi connectivity index (χ1v) is 10.4. The number of hydrazone groups is 1. The maximum absolute atomic E-state index is 10.4. The van der Waals surface area contributed by atoms with Crippen molar-refractivity contribution in [2.24, 2.45) is 5.10 Å². The van der Waals surface area contributed by atoms with Gasteiger partial charge in [-0.25, -0.2) is 5.01 Å². The molecule has 1 unspecified atom stereocenters. The van der Waals surface area contributed by atoms with Crippen LogP contribution in [-0.4, -0.2) is 46.1 Å². The molecule has 1 spiro atoms. The van der Waals surface area contributed by atoms with E-state index < -0.39 is 5.72 Å². The Morgan fingerprint density at radius 3 is 2.64 bits per heavy atom. The fraction of sp³-hybridized carbons (Fsp3) is 0.435. The van der Waals surface area contributed by atoms with Crippen LogP contribution >= 0.6 is 0 Å². The molecule has 146 valence electrons. The van der Waals surface area contributed by atoms with E-state index in [1.54, 1.807) is 6.07 Å². The van der Waals surface area contributed by atoms with E-state index in [4.69, 9.17) is 9.84 Å². The van der Waals surface area contributed by atoms with Crippen molar-refractivity contribution < 1.29 is 9.84 Å². The van der Waals surface area contributed by atoms with E-state index in [-0.39, 0.29) is 6.04 Å². The van der Waals surface area contributed by atoms with Crippen LogP contribution < -0.4 is 4.74 Å². The molecule has 0 saturated carbocycles. The van der Waals surface area contributed by atoms with E-state index in [9.17, 15) is 5.11 Å². The maximum atomic E-state index is 10.4. The lowest BCUT2D eigenvalue weighted by molar-refractivity contribution is -0.149. The monoisotopic (exact) mass is 377 g/mol. The normalized spacial score (nSPS) is 23.1. The summed E-state index contributed by atoms with van der Waals surface area (Å²) >= 11 is 0. The molecule has 0 amide bonds. The number of rotatable bonds is 3. The van der Waals surface area contributed by atoms with E-state index >= 15 is 0 Å². The van der Waals surface area contributed by atoms with Gasteiger partial charge in [-0.2, -0.15) is 5.10 Å². The Hall–Kier alpha value is -2.53. The van der Waals surface area contributed by atoms with Crippen molar-refractivity contribution >= 4 is 5.71 Å². The van der Waals surface area contributed by atoms with Gasteiger partial charge < -0.3 is 14.7 Å². The van der Waals surface area contributed by atoms with Crippen LogP contribution in [0.25, 0.3) is 0 Å². The van der Waals surface area contributed by atoms with Gasteiger partial charge in [-0.1, -0.05) is 37.3 Å². The molecule has 2 aromatic rings. The molecule has 5 nitrogen and oxygen atoms in total. The second-order valence-corrected chi connectivity index (χ2v) is 8.06. The highest BCUT2D eigenvalue weighted by Gasteiger charge is 2.51. The van der Waals surface area contributed by atoms with Gasteiger partial charge in [-0.3, -0.25) is 0 Å². The molecule has 5 heteroatoms. The highest BCUT2D eigenvalue weighted by atomic mass is 16.5. The summed E-state index contributed by atoms with van der Waals surface area (Å²) in [7, 11) is 0. The SMILES string of the molecule is CCCN1CCC2(CC1)Oc1ccccc1C1CC(c3ccccc3O)=NN12. The number of nitrogens with zero attached hydrogens (tertiary/aromatic N) is 3. The summed E-state index contributed by atoms with van der Waals surface area (Å²) in [6, 6.07) is 16.0. The van der Waals surface area contributed by atoms with Crippen molar-refractivity contribution in [2.45, 2.75) is 44.4 Å². The van der Waals surface area contributed by atoms with Crippen LogP contribution in [0.15, 0.2) is 53.6 Å². The van der Waals surface area contributed by atoms with Crippen molar-refractivity contribution in [3.8, 4) is 11.5 Å². The molecule has 3 heterocycles. The number of para-hydroxylation sites is 2. The first-order chi connectivity index (χ1) is 13.7. The molecule has 0 radical (unpaired) electrons. The standard InChI is InChI=1S/C23H27N3O2/c1-2-13-25-14-11-23(12-15-25)26-20(18-8-4-6-10-22(18)28-23)16-19(24-26)17-7-3-5-9-21(17)27/h3-10,20,27H,2,11-16H2,1H3. The molecule has 5 rings (SSSR count). The molecule has 1 fully saturated rings. The van der Waals surface area contributed by atoms with Gasteiger partial charge in [0, 0.05) is 43.5 Å². The summed E-state index contributed by atoms with van der Waals surface area (Å²) in [5.41, 5.74) is 2.57. The fourth-order valence-corrected chi connectivity index (χ4v) is 4.88. The van der Waals surface area contributed by atoms with E-state index in [2.05, 4.69) is 35.0 Å². The Morgan fingerprint density at radius 1 is 1.11 bits per heavy atom. The second kappa shape index (κ2) is 6.82. The van der Waals surface area contributed by atoms with Crippen molar-refractivity contribution in [1.29, 1.82) is 0 Å². The number of hydrogen-bond donors (Lipinski definition) is 1. The molecule has 3 aliphatic heterocycles. The number of piperidine rings is 1. The largest absolute Gasteiger partial charge is 0.507 e. The number of phenols is 1. The van der Waals surface area contributed by atoms with Gasteiger partial charge in [0.1, 0.15) is 11.5 Å². The van der Waals surface area contributed by atoms with Crippen LogP contribution in [0.4, 0.5) is 0 Å². The molecular formula is C23H27N3O2. The minimum absolute atomic E-state index is 0.164. The third-order valence-electron chi connectivity index (χ3n) is 6.30. The number of fused-ring (bicyclic) bond motifs is 4. The van der Waals surface area contributed by atoms with Gasteiger partial charge in [0.15, 0.2) is 0 Å². The van der Waals surface area contributed by atoms with Crippen LogP contribution in [0.3, 0.4) is 0 Å². The minimum atomic E-state index is -0.393. The Morgan fingerprint density at radius 2 is 1.86 bits per heavy atom. The lowest BCUT2D eigenvalue weighted by Crippen LogP contribution is -2.59. The number of hydrogen-bond acceptors (Lipinski definition) is 5. The average Bonchev–Trinajstić information content (AvgIpc) is 3.17. The smallest absolute Gasteiger partial charge is 0.200 e. The lowest BCUT2D eigenvalue weighted by Gasteiger charge is -2.51. The maximum Gasteiger partial charge on any atom is 0.200 e. The zero-order valence-corrected chi connectivity index (χ0v) is 16.3. The molecule has 0 bridgehead atoms. The topological polar surface area (TPSA) is 48.3 Å². The Balaban J connectivity index is 1.53. The lowest BCUT2D eigenvalue weighted by atomic mass is 9.90. The van der Waals surface area contributed by atoms with Crippen molar-refractivity contribution in [3.05, 3.63) is 59.7 Å². The minimum Gasteiger partial charge on any atom is -0.507 e. The van der Waals surface area contributed by atoms with Gasteiger partial charge in [0.05, 0.1) is 11.8 Å². The Kier molecular flexibility index (Phi) is 4.27. The molecule has 1 N–H and O–H groups in total. The fourth-order valence-electron chi connectivity index (χ4n) is 4.88. The van der Waals surface area contributed by atoms with E-state index in [1.165, 1.54) is 12.0 Å². The summed E-state index contributed by atoms with van der Waals surface area (Å²) in [5, 5.41) is 17.6. The van der Waals surface area contributed by atoms with Crippen molar-refractivity contribution in [3.63, 3.8) is 0 Å². The second-order valence-electron chi connectivity index (χ2n) is 8.06. The van der Waals surface area contributed by atoms with E-state index in [0.29, 0.717) is 5.75 Å². The summed E-state index contributed by atoms with van der Waals surface area (Å²) in [6.45, 7) is 5.43. The number of phenolic OH excluding ortho intramolecular Hbond substituents is 1. The predicted octanol–water partition coefficient (Wildman–Crippen LogP) is 4.14. The average molecular weight is 377 g/mol. The van der Waals surface area contributed by atoms with Gasteiger partial charge in [0.25, 0.3) is 0 Å². The molecule has 2 aromatic carbocycles. The van der Waals surface area contributed by atoms with Crippen molar-refractivity contribution in [1.82, 2.24) is 9.91 Å². The third kappa shape index (κ3) is 2.76. The molecular weight excluding hydrogens is 350 g/mol. The van der Waals surface area contributed by atoms with Crippen LogP contribution in [0.1, 0.15) is 49.8 Å². The molecule has 3 aliphatic rings. The molecule has 28 heavy (non-hydrogen) atoms. The molecule has 1 saturated heterocycles. The highest BCUT2D eigenvalue weighted by molar-refractivity contribution is 6.04. The first-order valence-electron chi connectivity index (χ1n) is 10.4. The number of benzene rings is 2. The summed E-state index contributed by atoms with van der Waals surface area (Å²) in [4.78, 5) is 2.52. The third-order valence-corrected chi connectivity index (χ3v) is 6.30. The summed E-state index contributed by atoms with van der Waals surface area (Å²) in [6.07, 6.45) is 3.85. The van der Waals surface area contributed by atoms with Crippen LogP contribution in [-0.2, 0) is 0 Å². The van der Waals surface area contributed by atoms with Crippen LogP contribution in [0.5, 0.6) is 11.5 Å². The van der Waals surface area contributed by atoms with Crippen LogP contribution in [0.2, 0.25) is 0 Å². The Bertz CT molecular complexity index is 902. The van der Waals surface area contributed by atoms with Gasteiger partial charge in [0.2, 0.25) is 5.72 Å². The quantitative estimate of drug-likeness (QED) is 0.873. The van der Waals surface area contributed by atoms with Gasteiger partial charge in [-0.05, 0) is 31.2 Å². The molecule has 1 atom stereocenters. The highest BCUT2D eigenvalue weighted by Crippen LogP contribution is 2.50. The predicted molar refractivity (Wildman–Crippen MR) is 110 cm³/mol. The summed E-state index contributed by atoms with van der Waals surface area (Å²) < 4.78 is 6.64. The molecule has 0 aliphatic carbocycles. The van der Waals surface area contributed by atoms with E-state index in [0.717, 1.165) is 55.9 Å². The number of likely N-dealkylation sites (tertiary alicyclic amines) is 1. The van der Waals surface area contributed by atoms with Gasteiger partial charge in [-0.15, -0.1) is 0 Å². The number of ether oxygens (including phenoxy) is 1. The molecule has 0 aromatic heterocycles. The van der Waals surface area contributed by atoms with Crippen LogP contribution in [0, 0.1) is 0 Å². The summed E-state index contributed by atoms with van der Waals surface area (Å²) in [5.74, 6) is 1.28. The number of aromatic hydroxyl groups is 1. The zero-order valence-electron chi connectivity index (χ0n) is 16.3. The zero-order chi connectivity index (χ0) is 19.1. The van der Waals surface area contributed by atoms with Crippen molar-refractivity contribution in [2.75, 3.05) is 19.6 Å². The first kappa shape index (κ1) is 17.6.